The number of fused-ring (bicyclic) bond motifs is 1. The minimum Gasteiger partial charge on any atom is -0.377 e. The van der Waals surface area contributed by atoms with Gasteiger partial charge in [-0.3, -0.25) is 9.89 Å². The number of likely N-dealkylation sites (tertiary alicyclic amines) is 1. The fraction of sp³-hybridized carbons (Fsp3) is 0.833. The van der Waals surface area contributed by atoms with Crippen LogP contribution in [0.25, 0.3) is 0 Å². The Labute approximate surface area is 162 Å². The Bertz CT molecular complexity index is 513. The lowest BCUT2D eigenvalue weighted by Crippen LogP contribution is -2.68. The second-order valence-electron chi connectivity index (χ2n) is 8.05. The van der Waals surface area contributed by atoms with Crippen molar-refractivity contribution in [3.05, 3.63) is 12.2 Å². The Balaban J connectivity index is 0.00000169. The van der Waals surface area contributed by atoms with Crippen LogP contribution in [-0.2, 0) is 4.74 Å². The molecule has 0 aromatic carbocycles. The predicted molar refractivity (Wildman–Crippen MR) is 108 cm³/mol. The van der Waals surface area contributed by atoms with E-state index >= 15 is 0 Å². The van der Waals surface area contributed by atoms with Crippen LogP contribution >= 0.6 is 24.0 Å². The summed E-state index contributed by atoms with van der Waals surface area (Å²) in [5, 5.41) is 3.78. The van der Waals surface area contributed by atoms with Crippen molar-refractivity contribution in [1.82, 2.24) is 15.1 Å². The van der Waals surface area contributed by atoms with Gasteiger partial charge in [0.25, 0.3) is 0 Å². The molecule has 2 saturated heterocycles. The quantitative estimate of drug-likeness (QED) is 0.305. The maximum absolute atomic E-state index is 5.92. The summed E-state index contributed by atoms with van der Waals surface area (Å²) < 4.78 is 5.92. The molecule has 1 N–H and O–H groups in total. The normalized spacial score (nSPS) is 38.0. The van der Waals surface area contributed by atoms with E-state index in [-0.39, 0.29) is 29.4 Å². The monoisotopic (exact) mass is 446 g/mol. The van der Waals surface area contributed by atoms with E-state index < -0.39 is 0 Å². The van der Waals surface area contributed by atoms with E-state index in [1.165, 1.54) is 12.8 Å². The van der Waals surface area contributed by atoms with Gasteiger partial charge in [-0.25, -0.2) is 0 Å². The average molecular weight is 446 g/mol. The van der Waals surface area contributed by atoms with Gasteiger partial charge in [0.1, 0.15) is 0 Å². The van der Waals surface area contributed by atoms with Crippen molar-refractivity contribution < 1.29 is 4.74 Å². The van der Waals surface area contributed by atoms with Crippen LogP contribution in [0.5, 0.6) is 0 Å². The molecule has 0 aromatic heterocycles. The molecule has 136 valence electrons. The standard InChI is InChI=1S/C18H30N4O.HI/c1-18(2)15(14-7-11-23-16(14)18)20-17(19-3)22-10-6-13(12-22)21-8-4-5-9-21;/h4-5,13-16H,6-12H2,1-3H3,(H,19,20);1H. The number of hydrogen-bond acceptors (Lipinski definition) is 3. The molecule has 24 heavy (non-hydrogen) atoms. The van der Waals surface area contributed by atoms with E-state index in [0.717, 1.165) is 38.7 Å². The first kappa shape index (κ1) is 18.5. The molecule has 4 aliphatic rings. The molecule has 0 radical (unpaired) electrons. The molecule has 3 heterocycles. The largest absolute Gasteiger partial charge is 0.377 e. The van der Waals surface area contributed by atoms with Crippen LogP contribution < -0.4 is 5.32 Å². The highest BCUT2D eigenvalue weighted by Crippen LogP contribution is 2.52. The van der Waals surface area contributed by atoms with Gasteiger partial charge in [0.05, 0.1) is 6.10 Å². The number of ether oxygens (including phenoxy) is 1. The Kier molecular flexibility index (Phi) is 5.47. The third kappa shape index (κ3) is 2.98. The lowest BCUT2D eigenvalue weighted by molar-refractivity contribution is -0.107. The number of aliphatic imine (C=N–C) groups is 1. The van der Waals surface area contributed by atoms with Crippen LogP contribution in [-0.4, -0.2) is 73.8 Å². The molecule has 3 fully saturated rings. The van der Waals surface area contributed by atoms with Gasteiger partial charge in [-0.05, 0) is 12.8 Å². The molecule has 0 aromatic rings. The lowest BCUT2D eigenvalue weighted by atomic mass is 9.57. The molecular formula is C18H31IN4O. The van der Waals surface area contributed by atoms with Crippen molar-refractivity contribution in [3.8, 4) is 0 Å². The minimum absolute atomic E-state index is 0. The number of nitrogens with zero attached hydrogens (tertiary/aromatic N) is 3. The van der Waals surface area contributed by atoms with Gasteiger partial charge < -0.3 is 15.0 Å². The van der Waals surface area contributed by atoms with Crippen molar-refractivity contribution in [1.29, 1.82) is 0 Å². The van der Waals surface area contributed by atoms with Crippen molar-refractivity contribution in [2.45, 2.75) is 44.9 Å². The summed E-state index contributed by atoms with van der Waals surface area (Å²) in [6.07, 6.45) is 7.43. The summed E-state index contributed by atoms with van der Waals surface area (Å²) >= 11 is 0. The highest BCUT2D eigenvalue weighted by molar-refractivity contribution is 14.0. The van der Waals surface area contributed by atoms with Gasteiger partial charge >= 0.3 is 0 Å². The van der Waals surface area contributed by atoms with Crippen molar-refractivity contribution in [3.63, 3.8) is 0 Å². The van der Waals surface area contributed by atoms with Crippen LogP contribution in [0.1, 0.15) is 26.7 Å². The summed E-state index contributed by atoms with van der Waals surface area (Å²) in [4.78, 5) is 9.61. The van der Waals surface area contributed by atoms with Gasteiger partial charge in [-0.15, -0.1) is 24.0 Å². The first-order valence-electron chi connectivity index (χ1n) is 9.10. The predicted octanol–water partition coefficient (Wildman–Crippen LogP) is 1.94. The second-order valence-corrected chi connectivity index (χ2v) is 8.05. The summed E-state index contributed by atoms with van der Waals surface area (Å²) in [5.74, 6) is 1.74. The van der Waals surface area contributed by atoms with Crippen LogP contribution in [0.2, 0.25) is 0 Å². The third-order valence-corrected chi connectivity index (χ3v) is 6.42. The van der Waals surface area contributed by atoms with E-state index in [1.54, 1.807) is 0 Å². The van der Waals surface area contributed by atoms with Gasteiger partial charge in [0.15, 0.2) is 5.96 Å². The van der Waals surface area contributed by atoms with Crippen molar-refractivity contribution in [2.75, 3.05) is 39.8 Å². The van der Waals surface area contributed by atoms with Crippen LogP contribution in [0.4, 0.5) is 0 Å². The third-order valence-electron chi connectivity index (χ3n) is 6.42. The first-order valence-corrected chi connectivity index (χ1v) is 9.10. The van der Waals surface area contributed by atoms with Gasteiger partial charge in [0.2, 0.25) is 0 Å². The summed E-state index contributed by atoms with van der Waals surface area (Å²) in [6, 6.07) is 1.15. The topological polar surface area (TPSA) is 40.1 Å². The maximum atomic E-state index is 5.92. The highest BCUT2D eigenvalue weighted by atomic mass is 127. The van der Waals surface area contributed by atoms with Crippen LogP contribution in [0.15, 0.2) is 17.1 Å². The van der Waals surface area contributed by atoms with E-state index in [2.05, 4.69) is 46.1 Å². The molecule has 5 nitrogen and oxygen atoms in total. The number of halogens is 1. The SMILES string of the molecule is CN=C(NC1C2CCOC2C1(C)C)N1CCC(N2CC=CC2)C1.I. The Morgan fingerprint density at radius 3 is 2.71 bits per heavy atom. The van der Waals surface area contributed by atoms with Gasteiger partial charge in [-0.1, -0.05) is 26.0 Å². The Hall–Kier alpha value is -0.340. The van der Waals surface area contributed by atoms with Crippen LogP contribution in [0, 0.1) is 11.3 Å². The molecule has 4 rings (SSSR count). The summed E-state index contributed by atoms with van der Waals surface area (Å²) in [5.41, 5.74) is 0.203. The fourth-order valence-electron chi connectivity index (χ4n) is 5.08. The number of guanidine groups is 1. The Morgan fingerprint density at radius 2 is 2.00 bits per heavy atom. The zero-order valence-electron chi connectivity index (χ0n) is 15.1. The zero-order chi connectivity index (χ0) is 16.0. The molecule has 1 aliphatic carbocycles. The van der Waals surface area contributed by atoms with E-state index in [1.807, 2.05) is 7.05 Å². The molecule has 1 saturated carbocycles. The molecule has 6 heteroatoms. The van der Waals surface area contributed by atoms with E-state index in [4.69, 9.17) is 4.74 Å². The molecule has 4 atom stereocenters. The number of rotatable bonds is 2. The smallest absolute Gasteiger partial charge is 0.193 e. The first-order chi connectivity index (χ1) is 11.1. The van der Waals surface area contributed by atoms with E-state index in [0.29, 0.717) is 24.1 Å². The number of nitrogens with one attached hydrogen (secondary N) is 1. The Morgan fingerprint density at radius 1 is 1.25 bits per heavy atom. The van der Waals surface area contributed by atoms with Crippen molar-refractivity contribution >= 4 is 29.9 Å². The molecule has 4 unspecified atom stereocenters. The molecule has 0 amide bonds. The van der Waals surface area contributed by atoms with Gasteiger partial charge in [0, 0.05) is 63.3 Å². The average Bonchev–Trinajstić information content (AvgIpc) is 3.28. The summed E-state index contributed by atoms with van der Waals surface area (Å²) in [6.45, 7) is 10.0. The molecule has 0 bridgehead atoms. The molecule has 0 spiro atoms. The summed E-state index contributed by atoms with van der Waals surface area (Å²) in [7, 11) is 1.92. The molecular weight excluding hydrogens is 415 g/mol. The lowest BCUT2D eigenvalue weighted by Gasteiger charge is -2.55. The zero-order valence-corrected chi connectivity index (χ0v) is 17.4. The second kappa shape index (κ2) is 7.11. The molecule has 3 aliphatic heterocycles. The fourth-order valence-corrected chi connectivity index (χ4v) is 5.08. The van der Waals surface area contributed by atoms with E-state index in [9.17, 15) is 0 Å². The van der Waals surface area contributed by atoms with Crippen LogP contribution in [0.3, 0.4) is 0 Å². The highest BCUT2D eigenvalue weighted by Gasteiger charge is 2.59. The minimum atomic E-state index is 0. The number of hydrogen-bond donors (Lipinski definition) is 1. The van der Waals surface area contributed by atoms with Gasteiger partial charge in [-0.2, -0.15) is 0 Å². The van der Waals surface area contributed by atoms with Crippen molar-refractivity contribution in [2.24, 2.45) is 16.3 Å². The maximum Gasteiger partial charge on any atom is 0.193 e.